The van der Waals surface area contributed by atoms with Crippen LogP contribution in [0.1, 0.15) is 26.3 Å². The summed E-state index contributed by atoms with van der Waals surface area (Å²) in [5.74, 6) is -2.57. The number of carbonyl (C=O) groups is 2. The van der Waals surface area contributed by atoms with Gasteiger partial charge in [-0.15, -0.1) is 0 Å². The third kappa shape index (κ3) is 2.64. The van der Waals surface area contributed by atoms with Gasteiger partial charge in [0.15, 0.2) is 5.78 Å². The normalized spacial score (nSPS) is 10.1. The molecule has 2 aromatic carbocycles. The molecule has 0 heterocycles. The van der Waals surface area contributed by atoms with Crippen LogP contribution in [0.3, 0.4) is 0 Å². The number of carboxylic acid groups (broad SMARTS) is 1. The minimum Gasteiger partial charge on any atom is -0.508 e. The molecule has 2 aromatic rings. The van der Waals surface area contributed by atoms with Crippen LogP contribution in [-0.4, -0.2) is 34.2 Å². The SMILES string of the molecule is COc1cccc(C(=O)c2cc(O)ccc2O)c1C(=O)O. The summed E-state index contributed by atoms with van der Waals surface area (Å²) in [5.41, 5.74) is -0.624. The number of methoxy groups -OCH3 is 1. The first-order chi connectivity index (χ1) is 9.95. The molecule has 6 heteroatoms. The van der Waals surface area contributed by atoms with Crippen molar-refractivity contribution in [3.8, 4) is 17.2 Å². The van der Waals surface area contributed by atoms with Crippen LogP contribution in [0.4, 0.5) is 0 Å². The van der Waals surface area contributed by atoms with Crippen LogP contribution in [0.25, 0.3) is 0 Å². The van der Waals surface area contributed by atoms with Gasteiger partial charge in [0.25, 0.3) is 0 Å². The minimum absolute atomic E-state index is 0.0352. The third-order valence-electron chi connectivity index (χ3n) is 2.93. The molecule has 0 radical (unpaired) electrons. The summed E-state index contributed by atoms with van der Waals surface area (Å²) in [6, 6.07) is 7.65. The predicted octanol–water partition coefficient (Wildman–Crippen LogP) is 2.04. The average molecular weight is 288 g/mol. The topological polar surface area (TPSA) is 104 Å². The molecule has 2 rings (SSSR count). The lowest BCUT2D eigenvalue weighted by Gasteiger charge is -2.10. The summed E-state index contributed by atoms with van der Waals surface area (Å²) < 4.78 is 4.94. The van der Waals surface area contributed by atoms with E-state index in [1.165, 1.54) is 31.4 Å². The molecule has 0 atom stereocenters. The van der Waals surface area contributed by atoms with E-state index in [1.807, 2.05) is 0 Å². The number of hydrogen-bond acceptors (Lipinski definition) is 5. The molecular formula is C15H12O6. The van der Waals surface area contributed by atoms with Gasteiger partial charge in [-0.2, -0.15) is 0 Å². The van der Waals surface area contributed by atoms with Crippen molar-refractivity contribution in [1.29, 1.82) is 0 Å². The molecule has 0 aliphatic carbocycles. The summed E-state index contributed by atoms with van der Waals surface area (Å²) in [4.78, 5) is 23.8. The second-order valence-corrected chi connectivity index (χ2v) is 4.22. The molecule has 0 aliphatic heterocycles. The quantitative estimate of drug-likeness (QED) is 0.587. The van der Waals surface area contributed by atoms with Gasteiger partial charge in [-0.05, 0) is 30.3 Å². The molecule has 0 bridgehead atoms. The number of carboxylic acids is 1. The number of aromatic carboxylic acids is 1. The number of hydrogen-bond donors (Lipinski definition) is 3. The number of phenols is 2. The van der Waals surface area contributed by atoms with Crippen LogP contribution in [-0.2, 0) is 0 Å². The Morgan fingerprint density at radius 3 is 2.38 bits per heavy atom. The molecule has 0 aliphatic rings. The maximum absolute atomic E-state index is 12.4. The highest BCUT2D eigenvalue weighted by atomic mass is 16.5. The molecule has 21 heavy (non-hydrogen) atoms. The van der Waals surface area contributed by atoms with Gasteiger partial charge in [0, 0.05) is 5.56 Å². The van der Waals surface area contributed by atoms with Gasteiger partial charge in [-0.1, -0.05) is 6.07 Å². The van der Waals surface area contributed by atoms with Crippen molar-refractivity contribution in [2.45, 2.75) is 0 Å². The predicted molar refractivity (Wildman–Crippen MR) is 73.2 cm³/mol. The van der Waals surface area contributed by atoms with E-state index in [0.29, 0.717) is 0 Å². The van der Waals surface area contributed by atoms with E-state index in [9.17, 15) is 24.9 Å². The Morgan fingerprint density at radius 1 is 1.05 bits per heavy atom. The van der Waals surface area contributed by atoms with Crippen molar-refractivity contribution in [3.05, 3.63) is 53.1 Å². The summed E-state index contributed by atoms with van der Waals surface area (Å²) in [6.45, 7) is 0. The van der Waals surface area contributed by atoms with Gasteiger partial charge in [0.1, 0.15) is 22.8 Å². The molecule has 0 amide bonds. The number of aromatic hydroxyl groups is 2. The Morgan fingerprint density at radius 2 is 1.76 bits per heavy atom. The zero-order chi connectivity index (χ0) is 15.6. The maximum atomic E-state index is 12.4. The molecule has 6 nitrogen and oxygen atoms in total. The highest BCUT2D eigenvalue weighted by Gasteiger charge is 2.24. The zero-order valence-electron chi connectivity index (χ0n) is 11.0. The van der Waals surface area contributed by atoms with Crippen LogP contribution in [0.5, 0.6) is 17.2 Å². The molecule has 0 spiro atoms. The van der Waals surface area contributed by atoms with Crippen molar-refractivity contribution >= 4 is 11.8 Å². The van der Waals surface area contributed by atoms with E-state index in [1.54, 1.807) is 0 Å². The lowest BCUT2D eigenvalue weighted by molar-refractivity contribution is 0.0689. The highest BCUT2D eigenvalue weighted by Crippen LogP contribution is 2.29. The first kappa shape index (κ1) is 14.4. The molecule has 0 saturated carbocycles. The lowest BCUT2D eigenvalue weighted by atomic mass is 9.97. The fraction of sp³-hybridized carbons (Fsp3) is 0.0667. The van der Waals surface area contributed by atoms with E-state index < -0.39 is 11.8 Å². The largest absolute Gasteiger partial charge is 0.508 e. The maximum Gasteiger partial charge on any atom is 0.340 e. The van der Waals surface area contributed by atoms with Crippen molar-refractivity contribution < 1.29 is 29.6 Å². The van der Waals surface area contributed by atoms with E-state index in [-0.39, 0.29) is 33.9 Å². The Bertz CT molecular complexity index is 720. The highest BCUT2D eigenvalue weighted by molar-refractivity contribution is 6.16. The van der Waals surface area contributed by atoms with E-state index in [4.69, 9.17) is 4.74 Å². The Kier molecular flexibility index (Phi) is 3.80. The van der Waals surface area contributed by atoms with E-state index >= 15 is 0 Å². The van der Waals surface area contributed by atoms with Crippen molar-refractivity contribution in [3.63, 3.8) is 0 Å². The number of carbonyl (C=O) groups excluding carboxylic acids is 1. The molecule has 0 aromatic heterocycles. The number of ether oxygens (including phenoxy) is 1. The Hall–Kier alpha value is -3.02. The van der Waals surface area contributed by atoms with Crippen LogP contribution in [0, 0.1) is 0 Å². The number of benzene rings is 2. The van der Waals surface area contributed by atoms with Crippen LogP contribution in [0.2, 0.25) is 0 Å². The second kappa shape index (κ2) is 5.54. The smallest absolute Gasteiger partial charge is 0.340 e. The molecule has 3 N–H and O–H groups in total. The number of phenolic OH excluding ortho intramolecular Hbond substituents is 2. The summed E-state index contributed by atoms with van der Waals surface area (Å²) in [7, 11) is 1.29. The number of ketones is 1. The van der Waals surface area contributed by atoms with Gasteiger partial charge in [0.2, 0.25) is 0 Å². The third-order valence-corrected chi connectivity index (χ3v) is 2.93. The monoisotopic (exact) mass is 288 g/mol. The molecule has 0 unspecified atom stereocenters. The van der Waals surface area contributed by atoms with Crippen LogP contribution in [0.15, 0.2) is 36.4 Å². The molecule has 0 fully saturated rings. The summed E-state index contributed by atoms with van der Waals surface area (Å²) in [6.07, 6.45) is 0. The average Bonchev–Trinajstić information content (AvgIpc) is 2.48. The van der Waals surface area contributed by atoms with Gasteiger partial charge in [-0.25, -0.2) is 4.79 Å². The van der Waals surface area contributed by atoms with Crippen molar-refractivity contribution in [1.82, 2.24) is 0 Å². The molecular weight excluding hydrogens is 276 g/mol. The van der Waals surface area contributed by atoms with Crippen molar-refractivity contribution in [2.75, 3.05) is 7.11 Å². The van der Waals surface area contributed by atoms with Gasteiger partial charge in [0.05, 0.1) is 12.7 Å². The van der Waals surface area contributed by atoms with Crippen molar-refractivity contribution in [2.24, 2.45) is 0 Å². The second-order valence-electron chi connectivity index (χ2n) is 4.22. The summed E-state index contributed by atoms with van der Waals surface area (Å²) in [5, 5.41) is 28.4. The first-order valence-corrected chi connectivity index (χ1v) is 5.92. The number of rotatable bonds is 4. The molecule has 108 valence electrons. The van der Waals surface area contributed by atoms with E-state index in [2.05, 4.69) is 0 Å². The fourth-order valence-electron chi connectivity index (χ4n) is 1.96. The Labute approximate surface area is 119 Å². The Balaban J connectivity index is 2.64. The first-order valence-electron chi connectivity index (χ1n) is 5.92. The minimum atomic E-state index is -1.32. The van der Waals surface area contributed by atoms with Gasteiger partial charge in [-0.3, -0.25) is 4.79 Å². The molecule has 0 saturated heterocycles. The van der Waals surface area contributed by atoms with E-state index in [0.717, 1.165) is 12.1 Å². The van der Waals surface area contributed by atoms with Crippen LogP contribution < -0.4 is 4.74 Å². The standard InChI is InChI=1S/C15H12O6/c1-21-12-4-2-3-9(13(12)15(19)20)14(18)10-7-8(16)5-6-11(10)17/h2-7,16-17H,1H3,(H,19,20). The van der Waals surface area contributed by atoms with Crippen LogP contribution >= 0.6 is 0 Å². The van der Waals surface area contributed by atoms with Gasteiger partial charge >= 0.3 is 5.97 Å². The fourth-order valence-corrected chi connectivity index (χ4v) is 1.96. The zero-order valence-corrected chi connectivity index (χ0v) is 11.0. The lowest BCUT2D eigenvalue weighted by Crippen LogP contribution is -2.11. The van der Waals surface area contributed by atoms with Gasteiger partial charge < -0.3 is 20.1 Å². The summed E-state index contributed by atoms with van der Waals surface area (Å²) >= 11 is 0.